The highest BCUT2D eigenvalue weighted by molar-refractivity contribution is 7.89. The van der Waals surface area contributed by atoms with E-state index in [9.17, 15) is 8.42 Å². The van der Waals surface area contributed by atoms with Crippen molar-refractivity contribution >= 4 is 10.0 Å². The average molecular weight is 262 g/mol. The number of ether oxygens (including phenoxy) is 1. The number of sulfonamides is 1. The van der Waals surface area contributed by atoms with Crippen LogP contribution in [0.1, 0.15) is 25.7 Å². The van der Waals surface area contributed by atoms with E-state index in [-0.39, 0.29) is 5.75 Å². The zero-order chi connectivity index (χ0) is 12.1. The maximum absolute atomic E-state index is 11.7. The van der Waals surface area contributed by atoms with E-state index in [1.807, 2.05) is 0 Å². The summed E-state index contributed by atoms with van der Waals surface area (Å²) < 4.78 is 31.2. The molecule has 0 spiro atoms. The molecule has 1 atom stereocenters. The van der Waals surface area contributed by atoms with Gasteiger partial charge in [0.25, 0.3) is 0 Å². The first-order chi connectivity index (χ1) is 8.16. The second-order valence-corrected chi connectivity index (χ2v) is 6.91. The Morgan fingerprint density at radius 3 is 2.71 bits per heavy atom. The molecule has 0 aromatic heterocycles. The Balaban J connectivity index is 1.56. The molecule has 1 aliphatic carbocycles. The van der Waals surface area contributed by atoms with E-state index in [1.54, 1.807) is 0 Å². The third-order valence-electron chi connectivity index (χ3n) is 3.22. The van der Waals surface area contributed by atoms with Gasteiger partial charge >= 0.3 is 0 Å². The van der Waals surface area contributed by atoms with Gasteiger partial charge < -0.3 is 10.1 Å². The summed E-state index contributed by atoms with van der Waals surface area (Å²) >= 11 is 0. The molecular weight excluding hydrogens is 240 g/mol. The Bertz CT molecular complexity index is 322. The minimum absolute atomic E-state index is 0.223. The Morgan fingerprint density at radius 1 is 1.24 bits per heavy atom. The van der Waals surface area contributed by atoms with Crippen LogP contribution in [-0.2, 0) is 14.8 Å². The smallest absolute Gasteiger partial charge is 0.211 e. The first kappa shape index (κ1) is 13.3. The van der Waals surface area contributed by atoms with E-state index >= 15 is 0 Å². The molecule has 2 N–H and O–H groups in total. The largest absolute Gasteiger partial charge is 0.381 e. The zero-order valence-electron chi connectivity index (χ0n) is 10.2. The predicted octanol–water partition coefficient (Wildman–Crippen LogP) is 0.0844. The summed E-state index contributed by atoms with van der Waals surface area (Å²) in [7, 11) is -3.09. The molecule has 2 rings (SSSR count). The van der Waals surface area contributed by atoms with Crippen LogP contribution in [0, 0.1) is 5.92 Å². The maximum atomic E-state index is 11.7. The second-order valence-electron chi connectivity index (χ2n) is 4.98. The minimum atomic E-state index is -3.09. The maximum Gasteiger partial charge on any atom is 0.211 e. The van der Waals surface area contributed by atoms with Crippen LogP contribution in [0.15, 0.2) is 0 Å². The van der Waals surface area contributed by atoms with Crippen LogP contribution < -0.4 is 10.0 Å². The normalized spacial score (nSPS) is 25.3. The van der Waals surface area contributed by atoms with Gasteiger partial charge in [-0.05, 0) is 38.1 Å². The molecule has 0 radical (unpaired) electrons. The third-order valence-corrected chi connectivity index (χ3v) is 4.65. The molecule has 0 aromatic carbocycles. The third kappa shape index (κ3) is 5.33. The topological polar surface area (TPSA) is 67.4 Å². The lowest BCUT2D eigenvalue weighted by Crippen LogP contribution is -2.32. The lowest BCUT2D eigenvalue weighted by molar-refractivity contribution is 0.186. The van der Waals surface area contributed by atoms with Gasteiger partial charge in [0, 0.05) is 19.2 Å². The quantitative estimate of drug-likeness (QED) is 0.608. The summed E-state index contributed by atoms with van der Waals surface area (Å²) in [5.74, 6) is 0.578. The highest BCUT2D eigenvalue weighted by Gasteiger charge is 2.21. The fraction of sp³-hybridized carbons (Fsp3) is 1.00. The van der Waals surface area contributed by atoms with E-state index in [1.165, 1.54) is 12.8 Å². The van der Waals surface area contributed by atoms with Crippen molar-refractivity contribution in [3.05, 3.63) is 0 Å². The second kappa shape index (κ2) is 6.13. The monoisotopic (exact) mass is 262 g/mol. The van der Waals surface area contributed by atoms with Gasteiger partial charge in [0.2, 0.25) is 10.0 Å². The molecular formula is C11H22N2O3S. The molecule has 1 saturated heterocycles. The summed E-state index contributed by atoms with van der Waals surface area (Å²) in [5, 5.41) is 3.31. The van der Waals surface area contributed by atoms with Gasteiger partial charge in [0.1, 0.15) is 0 Å². The molecule has 17 heavy (non-hydrogen) atoms. The SMILES string of the molecule is O=S(=O)(CCCNC1CC1)NCC1CCOC1. The predicted molar refractivity (Wildman–Crippen MR) is 66.4 cm³/mol. The zero-order valence-corrected chi connectivity index (χ0v) is 11.0. The lowest BCUT2D eigenvalue weighted by atomic mass is 10.1. The van der Waals surface area contributed by atoms with E-state index < -0.39 is 10.0 Å². The highest BCUT2D eigenvalue weighted by atomic mass is 32.2. The van der Waals surface area contributed by atoms with Crippen molar-refractivity contribution < 1.29 is 13.2 Å². The fourth-order valence-electron chi connectivity index (χ4n) is 1.92. The van der Waals surface area contributed by atoms with Crippen molar-refractivity contribution in [3.63, 3.8) is 0 Å². The van der Waals surface area contributed by atoms with Gasteiger partial charge in [-0.25, -0.2) is 13.1 Å². The summed E-state index contributed by atoms with van der Waals surface area (Å²) in [6, 6.07) is 0.654. The lowest BCUT2D eigenvalue weighted by Gasteiger charge is -2.10. The van der Waals surface area contributed by atoms with Crippen LogP contribution >= 0.6 is 0 Å². The Labute approximate surface area is 103 Å². The standard InChI is InChI=1S/C11H22N2O3S/c14-17(15,7-1-5-12-11-2-3-11)13-8-10-4-6-16-9-10/h10-13H,1-9H2. The number of hydrogen-bond acceptors (Lipinski definition) is 4. The van der Waals surface area contributed by atoms with E-state index in [0.717, 1.165) is 19.6 Å². The Kier molecular flexibility index (Phi) is 4.78. The van der Waals surface area contributed by atoms with Crippen molar-refractivity contribution in [2.24, 2.45) is 5.92 Å². The molecule has 0 bridgehead atoms. The summed E-state index contributed by atoms with van der Waals surface area (Å²) in [5.41, 5.74) is 0. The molecule has 2 fully saturated rings. The van der Waals surface area contributed by atoms with Crippen molar-refractivity contribution in [3.8, 4) is 0 Å². The number of hydrogen-bond donors (Lipinski definition) is 2. The van der Waals surface area contributed by atoms with Crippen LogP contribution in [0.2, 0.25) is 0 Å². The van der Waals surface area contributed by atoms with Gasteiger partial charge in [-0.3, -0.25) is 0 Å². The fourth-order valence-corrected chi connectivity index (χ4v) is 3.08. The molecule has 0 aromatic rings. The molecule has 1 aliphatic heterocycles. The number of rotatable bonds is 8. The van der Waals surface area contributed by atoms with E-state index in [4.69, 9.17) is 4.74 Å². The highest BCUT2D eigenvalue weighted by Crippen LogP contribution is 2.18. The first-order valence-electron chi connectivity index (χ1n) is 6.44. The van der Waals surface area contributed by atoms with Crippen molar-refractivity contribution in [1.82, 2.24) is 10.0 Å². The average Bonchev–Trinajstić information content (AvgIpc) is 2.96. The van der Waals surface area contributed by atoms with Crippen LogP contribution in [0.5, 0.6) is 0 Å². The number of nitrogens with one attached hydrogen (secondary N) is 2. The van der Waals surface area contributed by atoms with Crippen molar-refractivity contribution in [2.75, 3.05) is 32.1 Å². The molecule has 1 heterocycles. The molecule has 100 valence electrons. The Hall–Kier alpha value is -0.170. The molecule has 1 unspecified atom stereocenters. The van der Waals surface area contributed by atoms with Crippen LogP contribution in [0.3, 0.4) is 0 Å². The molecule has 2 aliphatic rings. The van der Waals surface area contributed by atoms with Crippen molar-refractivity contribution in [2.45, 2.75) is 31.7 Å². The molecule has 1 saturated carbocycles. The van der Waals surface area contributed by atoms with Crippen molar-refractivity contribution in [1.29, 1.82) is 0 Å². The summed E-state index contributed by atoms with van der Waals surface area (Å²) in [6.45, 7) is 2.78. The summed E-state index contributed by atoms with van der Waals surface area (Å²) in [4.78, 5) is 0. The Morgan fingerprint density at radius 2 is 2.06 bits per heavy atom. The minimum Gasteiger partial charge on any atom is -0.381 e. The van der Waals surface area contributed by atoms with Gasteiger partial charge in [-0.2, -0.15) is 0 Å². The van der Waals surface area contributed by atoms with Gasteiger partial charge in [-0.15, -0.1) is 0 Å². The molecule has 6 heteroatoms. The van der Waals surface area contributed by atoms with Crippen LogP contribution in [0.25, 0.3) is 0 Å². The van der Waals surface area contributed by atoms with Crippen LogP contribution in [0.4, 0.5) is 0 Å². The molecule has 5 nitrogen and oxygen atoms in total. The molecule has 0 amide bonds. The first-order valence-corrected chi connectivity index (χ1v) is 8.09. The van der Waals surface area contributed by atoms with E-state index in [2.05, 4.69) is 10.0 Å². The summed E-state index contributed by atoms with van der Waals surface area (Å²) in [6.07, 6.45) is 4.14. The van der Waals surface area contributed by atoms with Gasteiger partial charge in [0.05, 0.1) is 12.4 Å². The van der Waals surface area contributed by atoms with Gasteiger partial charge in [0.15, 0.2) is 0 Å². The van der Waals surface area contributed by atoms with Gasteiger partial charge in [-0.1, -0.05) is 0 Å². The van der Waals surface area contributed by atoms with E-state index in [0.29, 0.717) is 31.5 Å². The van der Waals surface area contributed by atoms with Crippen LogP contribution in [-0.4, -0.2) is 46.5 Å².